The van der Waals surface area contributed by atoms with E-state index in [1.54, 1.807) is 24.3 Å². The van der Waals surface area contributed by atoms with E-state index in [0.29, 0.717) is 11.4 Å². The van der Waals surface area contributed by atoms with Gasteiger partial charge in [-0.1, -0.05) is 12.1 Å². The zero-order chi connectivity index (χ0) is 19.7. The Morgan fingerprint density at radius 1 is 1.00 bits per heavy atom. The molecular formula is C21H21F2N3O2. The summed E-state index contributed by atoms with van der Waals surface area (Å²) in [5, 5.41) is 2.68. The highest BCUT2D eigenvalue weighted by atomic mass is 19.1. The van der Waals surface area contributed by atoms with Crippen LogP contribution in [0.25, 0.3) is 0 Å². The average Bonchev–Trinajstić information content (AvgIpc) is 3.32. The van der Waals surface area contributed by atoms with Crippen molar-refractivity contribution in [3.8, 4) is 0 Å². The molecule has 0 aromatic heterocycles. The number of para-hydroxylation sites is 1. The first-order valence-electron chi connectivity index (χ1n) is 9.43. The minimum Gasteiger partial charge on any atom is -0.369 e. The summed E-state index contributed by atoms with van der Waals surface area (Å²) >= 11 is 0. The molecule has 2 amide bonds. The van der Waals surface area contributed by atoms with Crippen LogP contribution >= 0.6 is 0 Å². The maximum atomic E-state index is 14.4. The van der Waals surface area contributed by atoms with Gasteiger partial charge in [0, 0.05) is 31.7 Å². The number of hydrogen-bond acceptors (Lipinski definition) is 3. The van der Waals surface area contributed by atoms with Gasteiger partial charge in [-0.2, -0.15) is 0 Å². The van der Waals surface area contributed by atoms with Crippen LogP contribution in [0.15, 0.2) is 42.5 Å². The minimum absolute atomic E-state index is 0.00545. The molecule has 2 fully saturated rings. The Labute approximate surface area is 161 Å². The Morgan fingerprint density at radius 2 is 1.75 bits per heavy atom. The predicted molar refractivity (Wildman–Crippen MR) is 103 cm³/mol. The standard InChI is InChI=1S/C21H21F2N3O2/c22-16-5-1-2-6-19(16)26-13-14(11-20(26)27)21(28)24-15-7-8-18(17(23)12-15)25-9-3-4-10-25/h1-2,5-8,12,14H,3-4,9-11,13H2,(H,24,28)/t14-/m1/s1. The van der Waals surface area contributed by atoms with E-state index < -0.39 is 11.7 Å². The first-order valence-corrected chi connectivity index (χ1v) is 9.43. The lowest BCUT2D eigenvalue weighted by Gasteiger charge is -2.19. The molecule has 0 bridgehead atoms. The van der Waals surface area contributed by atoms with Gasteiger partial charge in [0.15, 0.2) is 0 Å². The highest BCUT2D eigenvalue weighted by Crippen LogP contribution is 2.29. The van der Waals surface area contributed by atoms with E-state index in [2.05, 4.69) is 5.32 Å². The lowest BCUT2D eigenvalue weighted by Crippen LogP contribution is -2.28. The monoisotopic (exact) mass is 385 g/mol. The summed E-state index contributed by atoms with van der Waals surface area (Å²) in [5.74, 6) is -2.18. The van der Waals surface area contributed by atoms with Crippen LogP contribution in [0.1, 0.15) is 19.3 Å². The van der Waals surface area contributed by atoms with Crippen molar-refractivity contribution in [2.75, 3.05) is 34.8 Å². The van der Waals surface area contributed by atoms with Crippen LogP contribution in [-0.2, 0) is 9.59 Å². The van der Waals surface area contributed by atoms with Crippen LogP contribution in [0.5, 0.6) is 0 Å². The van der Waals surface area contributed by atoms with Crippen molar-refractivity contribution in [1.82, 2.24) is 0 Å². The highest BCUT2D eigenvalue weighted by molar-refractivity contribution is 6.03. The maximum Gasteiger partial charge on any atom is 0.229 e. The van der Waals surface area contributed by atoms with Crippen LogP contribution in [0.2, 0.25) is 0 Å². The zero-order valence-electron chi connectivity index (χ0n) is 15.3. The SMILES string of the molecule is O=C(Nc1ccc(N2CCCC2)c(F)c1)[C@@H]1CC(=O)N(c2ccccc2F)C1. The number of rotatable bonds is 4. The number of carbonyl (C=O) groups excluding carboxylic acids is 2. The molecule has 2 aliphatic rings. The Kier molecular flexibility index (Phi) is 4.98. The van der Waals surface area contributed by atoms with Crippen LogP contribution in [0.3, 0.4) is 0 Å². The molecule has 2 heterocycles. The fraction of sp³-hybridized carbons (Fsp3) is 0.333. The maximum absolute atomic E-state index is 14.4. The molecule has 0 unspecified atom stereocenters. The van der Waals surface area contributed by atoms with Gasteiger partial charge in [0.05, 0.1) is 17.3 Å². The zero-order valence-corrected chi connectivity index (χ0v) is 15.3. The Morgan fingerprint density at radius 3 is 2.46 bits per heavy atom. The number of benzene rings is 2. The van der Waals surface area contributed by atoms with Crippen molar-refractivity contribution < 1.29 is 18.4 Å². The van der Waals surface area contributed by atoms with E-state index in [0.717, 1.165) is 25.9 Å². The molecule has 0 aliphatic carbocycles. The largest absolute Gasteiger partial charge is 0.369 e. The quantitative estimate of drug-likeness (QED) is 0.876. The van der Waals surface area contributed by atoms with E-state index in [9.17, 15) is 18.4 Å². The molecule has 0 radical (unpaired) electrons. The highest BCUT2D eigenvalue weighted by Gasteiger charge is 2.36. The molecule has 1 N–H and O–H groups in total. The third-order valence-corrected chi connectivity index (χ3v) is 5.30. The molecule has 7 heteroatoms. The van der Waals surface area contributed by atoms with Crippen molar-refractivity contribution in [1.29, 1.82) is 0 Å². The van der Waals surface area contributed by atoms with E-state index in [4.69, 9.17) is 0 Å². The summed E-state index contributed by atoms with van der Waals surface area (Å²) in [6.45, 7) is 1.76. The molecule has 4 rings (SSSR count). The van der Waals surface area contributed by atoms with Crippen LogP contribution in [-0.4, -0.2) is 31.4 Å². The second kappa shape index (κ2) is 7.58. The van der Waals surface area contributed by atoms with Gasteiger partial charge in [-0.3, -0.25) is 9.59 Å². The van der Waals surface area contributed by atoms with Gasteiger partial charge in [0.2, 0.25) is 11.8 Å². The summed E-state index contributed by atoms with van der Waals surface area (Å²) in [4.78, 5) is 28.1. The fourth-order valence-corrected chi connectivity index (χ4v) is 3.83. The van der Waals surface area contributed by atoms with Crippen molar-refractivity contribution >= 4 is 28.9 Å². The van der Waals surface area contributed by atoms with Crippen molar-refractivity contribution in [2.24, 2.45) is 5.92 Å². The average molecular weight is 385 g/mol. The molecule has 1 atom stereocenters. The molecule has 2 saturated heterocycles. The number of nitrogens with zero attached hydrogens (tertiary/aromatic N) is 2. The summed E-state index contributed by atoms with van der Waals surface area (Å²) in [6.07, 6.45) is 2.09. The van der Waals surface area contributed by atoms with E-state index >= 15 is 0 Å². The third-order valence-electron chi connectivity index (χ3n) is 5.30. The lowest BCUT2D eigenvalue weighted by molar-refractivity contribution is -0.122. The van der Waals surface area contributed by atoms with Gasteiger partial charge < -0.3 is 15.1 Å². The van der Waals surface area contributed by atoms with E-state index in [1.807, 2.05) is 4.90 Å². The second-order valence-corrected chi connectivity index (χ2v) is 7.21. The molecule has 2 aliphatic heterocycles. The fourth-order valence-electron chi connectivity index (χ4n) is 3.83. The number of carbonyl (C=O) groups is 2. The number of halogens is 2. The number of hydrogen-bond donors (Lipinski definition) is 1. The van der Waals surface area contributed by atoms with Gasteiger partial charge in [-0.05, 0) is 43.2 Å². The van der Waals surface area contributed by atoms with Gasteiger partial charge >= 0.3 is 0 Å². The summed E-state index contributed by atoms with van der Waals surface area (Å²) in [7, 11) is 0. The Hall–Kier alpha value is -2.96. The molecule has 2 aromatic carbocycles. The number of amides is 2. The number of nitrogens with one attached hydrogen (secondary N) is 1. The molecule has 28 heavy (non-hydrogen) atoms. The first-order chi connectivity index (χ1) is 13.5. The Balaban J connectivity index is 1.43. The molecule has 0 saturated carbocycles. The smallest absolute Gasteiger partial charge is 0.229 e. The normalized spacial score (nSPS) is 19.4. The molecule has 0 spiro atoms. The summed E-state index contributed by atoms with van der Waals surface area (Å²) in [5.41, 5.74) is 1.06. The van der Waals surface area contributed by atoms with Gasteiger partial charge in [-0.25, -0.2) is 8.78 Å². The first kappa shape index (κ1) is 18.4. The molecule has 5 nitrogen and oxygen atoms in total. The van der Waals surface area contributed by atoms with E-state index in [1.165, 1.54) is 23.1 Å². The number of anilines is 3. The molecule has 2 aromatic rings. The minimum atomic E-state index is -0.617. The van der Waals surface area contributed by atoms with Crippen LogP contribution in [0.4, 0.5) is 25.8 Å². The third kappa shape index (κ3) is 3.56. The van der Waals surface area contributed by atoms with Gasteiger partial charge in [-0.15, -0.1) is 0 Å². The predicted octanol–water partition coefficient (Wildman–Crippen LogP) is 3.56. The molecular weight excluding hydrogens is 364 g/mol. The topological polar surface area (TPSA) is 52.7 Å². The van der Waals surface area contributed by atoms with Crippen molar-refractivity contribution in [2.45, 2.75) is 19.3 Å². The summed E-state index contributed by atoms with van der Waals surface area (Å²) < 4.78 is 28.4. The van der Waals surface area contributed by atoms with Crippen molar-refractivity contribution in [3.05, 3.63) is 54.1 Å². The summed E-state index contributed by atoms with van der Waals surface area (Å²) in [6, 6.07) is 10.6. The molecule has 146 valence electrons. The van der Waals surface area contributed by atoms with Crippen LogP contribution < -0.4 is 15.1 Å². The lowest BCUT2D eigenvalue weighted by atomic mass is 10.1. The Bertz CT molecular complexity index is 912. The van der Waals surface area contributed by atoms with Gasteiger partial charge in [0.1, 0.15) is 11.6 Å². The second-order valence-electron chi connectivity index (χ2n) is 7.21. The van der Waals surface area contributed by atoms with Crippen LogP contribution in [0, 0.1) is 17.6 Å². The van der Waals surface area contributed by atoms with Gasteiger partial charge in [0.25, 0.3) is 0 Å². The van der Waals surface area contributed by atoms with E-state index in [-0.39, 0.29) is 36.3 Å². The van der Waals surface area contributed by atoms with Crippen molar-refractivity contribution in [3.63, 3.8) is 0 Å².